The van der Waals surface area contributed by atoms with Crippen LogP contribution >= 0.6 is 0 Å². The number of nitrogens with zero attached hydrogens (tertiary/aromatic N) is 1. The number of rotatable bonds is 5. The minimum atomic E-state index is -0.000661. The first-order valence-corrected chi connectivity index (χ1v) is 11.7. The Hall–Kier alpha value is -2.13. The van der Waals surface area contributed by atoms with Gasteiger partial charge in [-0.15, -0.1) is 0 Å². The van der Waals surface area contributed by atoms with Gasteiger partial charge in [0.15, 0.2) is 0 Å². The molecule has 3 aliphatic rings. The van der Waals surface area contributed by atoms with E-state index in [2.05, 4.69) is 55.3 Å². The molecular formula is C27H34N2O. The number of hydrogen-bond donors (Lipinski definition) is 1. The highest BCUT2D eigenvalue weighted by Gasteiger charge is 2.49. The first-order valence-electron chi connectivity index (χ1n) is 11.7. The highest BCUT2D eigenvalue weighted by atomic mass is 16.1. The predicted molar refractivity (Wildman–Crippen MR) is 122 cm³/mol. The number of amides is 1. The summed E-state index contributed by atoms with van der Waals surface area (Å²) in [6.07, 6.45) is 5.16. The largest absolute Gasteiger partial charge is 0.346 e. The van der Waals surface area contributed by atoms with E-state index >= 15 is 0 Å². The van der Waals surface area contributed by atoms with Crippen LogP contribution in [0.4, 0.5) is 0 Å². The van der Waals surface area contributed by atoms with E-state index in [-0.39, 0.29) is 17.4 Å². The molecule has 2 aromatic carbocycles. The molecule has 3 heteroatoms. The summed E-state index contributed by atoms with van der Waals surface area (Å²) in [5, 5.41) is 3.19. The van der Waals surface area contributed by atoms with Crippen LogP contribution in [-0.2, 0) is 11.8 Å². The highest BCUT2D eigenvalue weighted by molar-refractivity contribution is 5.94. The summed E-state index contributed by atoms with van der Waals surface area (Å²) >= 11 is 0. The second kappa shape index (κ2) is 7.53. The number of piperidine rings is 1. The van der Waals surface area contributed by atoms with Crippen molar-refractivity contribution in [1.29, 1.82) is 0 Å². The minimum absolute atomic E-state index is 0.000661. The van der Waals surface area contributed by atoms with E-state index in [1.54, 1.807) is 0 Å². The van der Waals surface area contributed by atoms with Crippen LogP contribution in [0, 0.1) is 11.8 Å². The number of likely N-dealkylation sites (tertiary alicyclic amines) is 1. The lowest BCUT2D eigenvalue weighted by Gasteiger charge is -2.55. The normalized spacial score (nSPS) is 29.2. The zero-order valence-corrected chi connectivity index (χ0v) is 18.5. The van der Waals surface area contributed by atoms with Gasteiger partial charge in [0, 0.05) is 18.2 Å². The Morgan fingerprint density at radius 1 is 1.20 bits per heavy atom. The molecule has 1 amide bonds. The number of carbonyl (C=O) groups is 1. The van der Waals surface area contributed by atoms with Crippen molar-refractivity contribution >= 4 is 5.91 Å². The number of benzene rings is 2. The summed E-state index contributed by atoms with van der Waals surface area (Å²) in [6, 6.07) is 17.3. The van der Waals surface area contributed by atoms with E-state index in [0.29, 0.717) is 12.0 Å². The fraction of sp³-hybridized carbons (Fsp3) is 0.519. The number of carbonyl (C=O) groups excluding carboxylic acids is 1. The first-order chi connectivity index (χ1) is 14.5. The molecule has 0 radical (unpaired) electrons. The molecule has 4 atom stereocenters. The van der Waals surface area contributed by atoms with E-state index in [0.717, 1.165) is 23.5 Å². The van der Waals surface area contributed by atoms with Crippen molar-refractivity contribution < 1.29 is 4.79 Å². The Balaban J connectivity index is 1.38. The molecule has 1 unspecified atom stereocenters. The maximum absolute atomic E-state index is 13.0. The van der Waals surface area contributed by atoms with Gasteiger partial charge in [0.1, 0.15) is 0 Å². The molecule has 2 fully saturated rings. The second-order valence-corrected chi connectivity index (χ2v) is 10.1. The quantitative estimate of drug-likeness (QED) is 0.754. The summed E-state index contributed by atoms with van der Waals surface area (Å²) in [5.74, 6) is 1.60. The zero-order valence-electron chi connectivity index (χ0n) is 18.5. The Morgan fingerprint density at radius 2 is 1.97 bits per heavy atom. The predicted octanol–water partition coefficient (Wildman–Crippen LogP) is 5.11. The van der Waals surface area contributed by atoms with Crippen LogP contribution in [0.1, 0.15) is 73.1 Å². The molecule has 1 heterocycles. The SMILES string of the molecule is C[C@@H](NC(=O)c1ccc2c(c1)[C@@]1(C)CCN(CC3CC3)C(C2)[C@@H]1C)c1ccccc1. The molecule has 0 aromatic heterocycles. The second-order valence-electron chi connectivity index (χ2n) is 10.1. The zero-order chi connectivity index (χ0) is 20.9. The maximum atomic E-state index is 13.0. The monoisotopic (exact) mass is 402 g/mol. The van der Waals surface area contributed by atoms with E-state index in [1.165, 1.54) is 43.5 Å². The Bertz CT molecular complexity index is 935. The van der Waals surface area contributed by atoms with Crippen LogP contribution in [-0.4, -0.2) is 29.9 Å². The van der Waals surface area contributed by atoms with Crippen molar-refractivity contribution in [1.82, 2.24) is 10.2 Å². The van der Waals surface area contributed by atoms with Crippen molar-refractivity contribution in [3.63, 3.8) is 0 Å². The summed E-state index contributed by atoms with van der Waals surface area (Å²) < 4.78 is 0. The fourth-order valence-electron chi connectivity index (χ4n) is 5.81. The van der Waals surface area contributed by atoms with Gasteiger partial charge >= 0.3 is 0 Å². The smallest absolute Gasteiger partial charge is 0.251 e. The Labute approximate surface area is 180 Å². The van der Waals surface area contributed by atoms with E-state index < -0.39 is 0 Å². The van der Waals surface area contributed by atoms with Gasteiger partial charge in [-0.25, -0.2) is 0 Å². The summed E-state index contributed by atoms with van der Waals surface area (Å²) in [7, 11) is 0. The lowest BCUT2D eigenvalue weighted by molar-refractivity contribution is 0.0284. The lowest BCUT2D eigenvalue weighted by atomic mass is 9.59. The topological polar surface area (TPSA) is 32.3 Å². The molecule has 0 spiro atoms. The van der Waals surface area contributed by atoms with E-state index in [1.807, 2.05) is 24.3 Å². The van der Waals surface area contributed by atoms with Crippen LogP contribution in [0.25, 0.3) is 0 Å². The van der Waals surface area contributed by atoms with Crippen LogP contribution in [0.15, 0.2) is 48.5 Å². The third-order valence-electron chi connectivity index (χ3n) is 8.22. The molecule has 3 nitrogen and oxygen atoms in total. The van der Waals surface area contributed by atoms with Crippen molar-refractivity contribution in [3.05, 3.63) is 70.8 Å². The van der Waals surface area contributed by atoms with Crippen molar-refractivity contribution in [2.75, 3.05) is 13.1 Å². The third-order valence-corrected chi connectivity index (χ3v) is 8.22. The lowest BCUT2D eigenvalue weighted by Crippen LogP contribution is -2.58. The van der Waals surface area contributed by atoms with Gasteiger partial charge in [-0.05, 0) is 85.2 Å². The van der Waals surface area contributed by atoms with Gasteiger partial charge in [-0.1, -0.05) is 50.2 Å². The molecule has 2 aliphatic carbocycles. The average Bonchev–Trinajstić information content (AvgIpc) is 3.57. The summed E-state index contributed by atoms with van der Waals surface area (Å²) in [6.45, 7) is 9.42. The number of nitrogens with one attached hydrogen (secondary N) is 1. The van der Waals surface area contributed by atoms with E-state index in [4.69, 9.17) is 0 Å². The van der Waals surface area contributed by atoms with Crippen LogP contribution in [0.5, 0.6) is 0 Å². The van der Waals surface area contributed by atoms with Gasteiger partial charge in [0.25, 0.3) is 5.91 Å². The van der Waals surface area contributed by atoms with Gasteiger partial charge in [-0.3, -0.25) is 9.69 Å². The van der Waals surface area contributed by atoms with Gasteiger partial charge in [-0.2, -0.15) is 0 Å². The molecule has 5 rings (SSSR count). The summed E-state index contributed by atoms with van der Waals surface area (Å²) in [5.41, 5.74) is 4.96. The fourth-order valence-corrected chi connectivity index (χ4v) is 5.81. The first kappa shape index (κ1) is 19.8. The van der Waals surface area contributed by atoms with Gasteiger partial charge in [0.2, 0.25) is 0 Å². The van der Waals surface area contributed by atoms with Crippen LogP contribution in [0.2, 0.25) is 0 Å². The highest BCUT2D eigenvalue weighted by Crippen LogP contribution is 2.49. The van der Waals surface area contributed by atoms with Crippen molar-refractivity contribution in [3.8, 4) is 0 Å². The molecule has 2 aromatic rings. The summed E-state index contributed by atoms with van der Waals surface area (Å²) in [4.78, 5) is 15.8. The molecule has 1 saturated heterocycles. The molecule has 1 aliphatic heterocycles. The Morgan fingerprint density at radius 3 is 2.70 bits per heavy atom. The number of fused-ring (bicyclic) bond motifs is 4. The van der Waals surface area contributed by atoms with Crippen molar-refractivity contribution in [2.45, 2.75) is 64.0 Å². The van der Waals surface area contributed by atoms with Gasteiger partial charge < -0.3 is 5.32 Å². The standard InChI is InChI=1S/C27H34N2O/c1-18-25-16-22-11-12-23(26(30)28-19(2)21-7-5-4-6-8-21)15-24(22)27(18,3)13-14-29(25)17-20-9-10-20/h4-8,11-12,15,18-20,25H,9-10,13-14,16-17H2,1-3H3,(H,28,30)/t18-,19+,25?,27-/m0/s1. The molecule has 158 valence electrons. The van der Waals surface area contributed by atoms with Crippen molar-refractivity contribution in [2.24, 2.45) is 11.8 Å². The molecular weight excluding hydrogens is 368 g/mol. The molecule has 1 N–H and O–H groups in total. The van der Waals surface area contributed by atoms with E-state index in [9.17, 15) is 4.79 Å². The third kappa shape index (κ3) is 3.47. The molecule has 30 heavy (non-hydrogen) atoms. The minimum Gasteiger partial charge on any atom is -0.346 e. The average molecular weight is 403 g/mol. The van der Waals surface area contributed by atoms with Gasteiger partial charge in [0.05, 0.1) is 6.04 Å². The Kier molecular flexibility index (Phi) is 4.97. The molecule has 2 bridgehead atoms. The maximum Gasteiger partial charge on any atom is 0.251 e. The van der Waals surface area contributed by atoms with Crippen LogP contribution < -0.4 is 5.32 Å². The van der Waals surface area contributed by atoms with Crippen LogP contribution in [0.3, 0.4) is 0 Å². The number of hydrogen-bond acceptors (Lipinski definition) is 2. The molecule has 1 saturated carbocycles.